The third kappa shape index (κ3) is 5.39. The fraction of sp³-hybridized carbons (Fsp3) is 0.500. The Balaban J connectivity index is 1.94. The molecule has 0 aliphatic rings. The van der Waals surface area contributed by atoms with Crippen LogP contribution in [0.25, 0.3) is 0 Å². The summed E-state index contributed by atoms with van der Waals surface area (Å²) in [6.07, 6.45) is 2.66. The van der Waals surface area contributed by atoms with E-state index in [9.17, 15) is 0 Å². The molecule has 15 heavy (non-hydrogen) atoms. The molecule has 0 saturated carbocycles. The van der Waals surface area contributed by atoms with Crippen LogP contribution in [0.5, 0.6) is 0 Å². The minimum absolute atomic E-state index is 0.313. The van der Waals surface area contributed by atoms with E-state index in [0.717, 1.165) is 25.9 Å². The highest BCUT2D eigenvalue weighted by Gasteiger charge is 1.94. The molecule has 0 fully saturated rings. The Kier molecular flexibility index (Phi) is 5.80. The second kappa shape index (κ2) is 7.25. The van der Waals surface area contributed by atoms with E-state index < -0.39 is 0 Å². The molecule has 0 unspecified atom stereocenters. The maximum atomic E-state index is 8.31. The molecule has 0 spiro atoms. The van der Waals surface area contributed by atoms with Gasteiger partial charge in [-0.3, -0.25) is 0 Å². The zero-order valence-electron chi connectivity index (χ0n) is 8.65. The number of nitrogens with zero attached hydrogens (tertiary/aromatic N) is 1. The average molecular weight is 227 g/mol. The van der Waals surface area contributed by atoms with E-state index in [4.69, 9.17) is 10.9 Å². The van der Waals surface area contributed by atoms with Crippen molar-refractivity contribution < 1.29 is 5.21 Å². The molecular formula is C10H17N3OS. The van der Waals surface area contributed by atoms with Crippen LogP contribution in [0, 0.1) is 0 Å². The molecule has 5 heteroatoms. The Morgan fingerprint density at radius 2 is 2.40 bits per heavy atom. The van der Waals surface area contributed by atoms with Crippen molar-refractivity contribution >= 4 is 17.2 Å². The van der Waals surface area contributed by atoms with Crippen molar-refractivity contribution in [3.63, 3.8) is 0 Å². The summed E-state index contributed by atoms with van der Waals surface area (Å²) in [4.78, 5) is 0. The summed E-state index contributed by atoms with van der Waals surface area (Å²) in [7, 11) is 0. The van der Waals surface area contributed by atoms with Crippen LogP contribution < -0.4 is 11.1 Å². The second-order valence-corrected chi connectivity index (χ2v) is 4.14. The van der Waals surface area contributed by atoms with Gasteiger partial charge < -0.3 is 16.3 Å². The monoisotopic (exact) mass is 227 g/mol. The zero-order valence-corrected chi connectivity index (χ0v) is 9.46. The van der Waals surface area contributed by atoms with Crippen molar-refractivity contribution in [2.45, 2.75) is 25.8 Å². The summed E-state index contributed by atoms with van der Waals surface area (Å²) in [5, 5.41) is 18.8. The first-order valence-electron chi connectivity index (χ1n) is 5.01. The summed E-state index contributed by atoms with van der Waals surface area (Å²) in [5.41, 5.74) is 6.68. The predicted molar refractivity (Wildman–Crippen MR) is 63.3 cm³/mol. The van der Waals surface area contributed by atoms with E-state index in [-0.39, 0.29) is 0 Å². The van der Waals surface area contributed by atoms with Crippen LogP contribution in [0.15, 0.2) is 22.0 Å². The zero-order chi connectivity index (χ0) is 10.9. The molecule has 0 aliphatic carbocycles. The number of unbranched alkanes of at least 4 members (excludes halogenated alkanes) is 1. The Morgan fingerprint density at radius 3 is 3.07 bits per heavy atom. The maximum absolute atomic E-state index is 8.31. The smallest absolute Gasteiger partial charge is 0.139 e. The van der Waals surface area contributed by atoms with Crippen LogP contribution >= 0.6 is 11.3 Å². The molecule has 4 nitrogen and oxygen atoms in total. The number of hydrogen-bond donors (Lipinski definition) is 3. The number of nitrogens with two attached hydrogens (primary N) is 1. The minimum Gasteiger partial charge on any atom is -0.409 e. The molecule has 1 aromatic heterocycles. The van der Waals surface area contributed by atoms with E-state index in [1.54, 1.807) is 11.3 Å². The fourth-order valence-corrected chi connectivity index (χ4v) is 1.90. The number of oxime groups is 1. The van der Waals surface area contributed by atoms with Gasteiger partial charge in [0.15, 0.2) is 0 Å². The lowest BCUT2D eigenvalue weighted by Gasteiger charge is -2.02. The normalized spacial score (nSPS) is 11.9. The third-order valence-electron chi connectivity index (χ3n) is 2.07. The second-order valence-electron chi connectivity index (χ2n) is 3.36. The topological polar surface area (TPSA) is 70.6 Å². The lowest BCUT2D eigenvalue weighted by atomic mass is 10.2. The van der Waals surface area contributed by atoms with Gasteiger partial charge in [0, 0.05) is 13.0 Å². The summed E-state index contributed by atoms with van der Waals surface area (Å²) in [6.45, 7) is 1.89. The van der Waals surface area contributed by atoms with Crippen LogP contribution in [0.2, 0.25) is 0 Å². The molecule has 4 N–H and O–H groups in total. The summed E-state index contributed by atoms with van der Waals surface area (Å²) in [5.74, 6) is 0.313. The molecule has 1 rings (SSSR count). The van der Waals surface area contributed by atoms with E-state index >= 15 is 0 Å². The van der Waals surface area contributed by atoms with E-state index in [0.29, 0.717) is 12.3 Å². The van der Waals surface area contributed by atoms with Crippen LogP contribution in [-0.4, -0.2) is 17.6 Å². The van der Waals surface area contributed by atoms with Gasteiger partial charge in [-0.15, -0.1) is 0 Å². The summed E-state index contributed by atoms with van der Waals surface area (Å²) < 4.78 is 0. The highest BCUT2D eigenvalue weighted by Crippen LogP contribution is 2.04. The molecule has 0 atom stereocenters. The van der Waals surface area contributed by atoms with Gasteiger partial charge in [0.25, 0.3) is 0 Å². The molecule has 0 aliphatic heterocycles. The third-order valence-corrected chi connectivity index (χ3v) is 2.81. The quantitative estimate of drug-likeness (QED) is 0.218. The van der Waals surface area contributed by atoms with Crippen molar-refractivity contribution in [3.8, 4) is 0 Å². The lowest BCUT2D eigenvalue weighted by Crippen LogP contribution is -2.16. The highest BCUT2D eigenvalue weighted by molar-refractivity contribution is 7.07. The number of rotatable bonds is 7. The maximum Gasteiger partial charge on any atom is 0.139 e. The van der Waals surface area contributed by atoms with Crippen molar-refractivity contribution in [2.75, 3.05) is 6.54 Å². The van der Waals surface area contributed by atoms with E-state index in [2.05, 4.69) is 27.3 Å². The first-order chi connectivity index (χ1) is 7.33. The van der Waals surface area contributed by atoms with Gasteiger partial charge in [0.05, 0.1) is 0 Å². The van der Waals surface area contributed by atoms with E-state index in [1.165, 1.54) is 5.56 Å². The van der Waals surface area contributed by atoms with Crippen LogP contribution in [0.4, 0.5) is 0 Å². The predicted octanol–water partition coefficient (Wildman–Crippen LogP) is 1.75. The first-order valence-corrected chi connectivity index (χ1v) is 5.95. The number of nitrogens with one attached hydrogen (secondary N) is 1. The van der Waals surface area contributed by atoms with Crippen molar-refractivity contribution in [1.82, 2.24) is 5.32 Å². The van der Waals surface area contributed by atoms with Gasteiger partial charge >= 0.3 is 0 Å². The van der Waals surface area contributed by atoms with Gasteiger partial charge in [-0.1, -0.05) is 5.16 Å². The number of amidine groups is 1. The summed E-state index contributed by atoms with van der Waals surface area (Å²) >= 11 is 1.71. The van der Waals surface area contributed by atoms with Gasteiger partial charge in [-0.05, 0) is 41.8 Å². The molecule has 1 aromatic rings. The Labute approximate surface area is 93.8 Å². The fourth-order valence-electron chi connectivity index (χ4n) is 1.23. The molecular weight excluding hydrogens is 210 g/mol. The SMILES string of the molecule is NC(CCCCNCc1ccsc1)=NO. The summed E-state index contributed by atoms with van der Waals surface area (Å²) in [6, 6.07) is 2.12. The van der Waals surface area contributed by atoms with Crippen molar-refractivity contribution in [1.29, 1.82) is 0 Å². The largest absolute Gasteiger partial charge is 0.409 e. The van der Waals surface area contributed by atoms with Crippen LogP contribution in [0.3, 0.4) is 0 Å². The molecule has 0 bridgehead atoms. The molecule has 0 amide bonds. The average Bonchev–Trinajstić information content (AvgIpc) is 2.75. The molecule has 1 heterocycles. The number of thiophene rings is 1. The van der Waals surface area contributed by atoms with E-state index in [1.807, 2.05) is 0 Å². The molecule has 84 valence electrons. The van der Waals surface area contributed by atoms with Gasteiger partial charge in [-0.2, -0.15) is 11.3 Å². The Morgan fingerprint density at radius 1 is 1.53 bits per heavy atom. The molecule has 0 aromatic carbocycles. The first kappa shape index (κ1) is 12.0. The molecule has 0 radical (unpaired) electrons. The lowest BCUT2D eigenvalue weighted by molar-refractivity contribution is 0.316. The Bertz CT molecular complexity index is 285. The number of hydrogen-bond acceptors (Lipinski definition) is 4. The van der Waals surface area contributed by atoms with Gasteiger partial charge in [0.1, 0.15) is 5.84 Å². The standard InChI is InChI=1S/C10H17N3OS/c11-10(13-14)3-1-2-5-12-7-9-4-6-15-8-9/h4,6,8,12,14H,1-3,5,7H2,(H2,11,13). The van der Waals surface area contributed by atoms with Crippen molar-refractivity contribution in [3.05, 3.63) is 22.4 Å². The van der Waals surface area contributed by atoms with Crippen molar-refractivity contribution in [2.24, 2.45) is 10.9 Å². The van der Waals surface area contributed by atoms with Crippen LogP contribution in [0.1, 0.15) is 24.8 Å². The molecule has 0 saturated heterocycles. The van der Waals surface area contributed by atoms with Gasteiger partial charge in [0.2, 0.25) is 0 Å². The minimum atomic E-state index is 0.313. The van der Waals surface area contributed by atoms with Gasteiger partial charge in [-0.25, -0.2) is 0 Å². The Hall–Kier alpha value is -1.07. The van der Waals surface area contributed by atoms with Crippen LogP contribution in [-0.2, 0) is 6.54 Å². The highest BCUT2D eigenvalue weighted by atomic mass is 32.1.